The summed E-state index contributed by atoms with van der Waals surface area (Å²) in [6.07, 6.45) is 4.31. The normalized spacial score (nSPS) is 27.6. The smallest absolute Gasteiger partial charge is 0.165 e. The minimum absolute atomic E-state index is 0.653. The zero-order valence-corrected chi connectivity index (χ0v) is 5.68. The van der Waals surface area contributed by atoms with E-state index in [-0.39, 0.29) is 0 Å². The van der Waals surface area contributed by atoms with Crippen LogP contribution in [0.5, 0.6) is 0 Å². The molecule has 1 heteroatoms. The van der Waals surface area contributed by atoms with E-state index in [4.69, 9.17) is 0 Å². The Hall–Kier alpha value is -0.590. The lowest BCUT2D eigenvalue weighted by Gasteiger charge is -1.91. The van der Waals surface area contributed by atoms with Crippen LogP contribution in [0.3, 0.4) is 0 Å². The predicted octanol–water partition coefficient (Wildman–Crippen LogP) is 1.25. The molecule has 0 aliphatic carbocycles. The fourth-order valence-corrected chi connectivity index (χ4v) is 0.836. The van der Waals surface area contributed by atoms with E-state index in [1.54, 1.807) is 0 Å². The Bertz CT molecular complexity index is 154. The SMILES string of the molecule is CC1=[N+](C)C=CC1C. The minimum Gasteiger partial charge on any atom is -0.209 e. The van der Waals surface area contributed by atoms with Gasteiger partial charge < -0.3 is 0 Å². The summed E-state index contributed by atoms with van der Waals surface area (Å²) in [5, 5.41) is 0. The van der Waals surface area contributed by atoms with E-state index >= 15 is 0 Å². The second-order valence-corrected chi connectivity index (χ2v) is 2.38. The second-order valence-electron chi connectivity index (χ2n) is 2.38. The van der Waals surface area contributed by atoms with Crippen LogP contribution in [-0.4, -0.2) is 17.3 Å². The van der Waals surface area contributed by atoms with Crippen LogP contribution in [0.15, 0.2) is 12.3 Å². The van der Waals surface area contributed by atoms with Crippen LogP contribution in [0.2, 0.25) is 0 Å². The predicted molar refractivity (Wildman–Crippen MR) is 35.2 cm³/mol. The van der Waals surface area contributed by atoms with E-state index in [2.05, 4.69) is 37.7 Å². The van der Waals surface area contributed by atoms with Gasteiger partial charge in [0, 0.05) is 6.92 Å². The van der Waals surface area contributed by atoms with Crippen molar-refractivity contribution in [3.8, 4) is 0 Å². The van der Waals surface area contributed by atoms with Crippen molar-refractivity contribution in [2.45, 2.75) is 13.8 Å². The summed E-state index contributed by atoms with van der Waals surface area (Å²) >= 11 is 0. The van der Waals surface area contributed by atoms with Crippen LogP contribution in [-0.2, 0) is 0 Å². The van der Waals surface area contributed by atoms with Crippen LogP contribution in [0, 0.1) is 5.92 Å². The van der Waals surface area contributed by atoms with Gasteiger partial charge in [-0.3, -0.25) is 0 Å². The first-order valence-corrected chi connectivity index (χ1v) is 2.96. The zero-order chi connectivity index (χ0) is 6.15. The van der Waals surface area contributed by atoms with E-state index in [0.29, 0.717) is 5.92 Å². The molecule has 1 rings (SSSR count). The molecular weight excluding hydrogens is 98.1 g/mol. The Morgan fingerprint density at radius 3 is 2.38 bits per heavy atom. The summed E-state index contributed by atoms with van der Waals surface area (Å²) in [6, 6.07) is 0. The van der Waals surface area contributed by atoms with E-state index < -0.39 is 0 Å². The second kappa shape index (κ2) is 1.73. The first-order chi connectivity index (χ1) is 3.72. The van der Waals surface area contributed by atoms with Crippen molar-refractivity contribution in [3.63, 3.8) is 0 Å². The van der Waals surface area contributed by atoms with Gasteiger partial charge >= 0.3 is 0 Å². The van der Waals surface area contributed by atoms with E-state index in [1.165, 1.54) is 5.71 Å². The molecule has 1 heterocycles. The molecule has 0 N–H and O–H groups in total. The van der Waals surface area contributed by atoms with Gasteiger partial charge in [-0.25, -0.2) is 4.58 Å². The van der Waals surface area contributed by atoms with Crippen molar-refractivity contribution in [1.82, 2.24) is 0 Å². The number of hydrogen-bond acceptors (Lipinski definition) is 0. The van der Waals surface area contributed by atoms with Gasteiger partial charge in [0.2, 0.25) is 0 Å². The lowest BCUT2D eigenvalue weighted by atomic mass is 10.1. The summed E-state index contributed by atoms with van der Waals surface area (Å²) in [4.78, 5) is 0. The van der Waals surface area contributed by atoms with Crippen LogP contribution >= 0.6 is 0 Å². The van der Waals surface area contributed by atoms with Gasteiger partial charge in [-0.05, 0) is 13.0 Å². The lowest BCUT2D eigenvalue weighted by molar-refractivity contribution is -0.420. The van der Waals surface area contributed by atoms with Crippen molar-refractivity contribution >= 4 is 5.71 Å². The molecule has 0 radical (unpaired) electrons. The first-order valence-electron chi connectivity index (χ1n) is 2.96. The van der Waals surface area contributed by atoms with Crippen molar-refractivity contribution in [3.05, 3.63) is 12.3 Å². The molecule has 0 saturated carbocycles. The van der Waals surface area contributed by atoms with Gasteiger partial charge in [-0.2, -0.15) is 0 Å². The molecule has 1 aliphatic rings. The van der Waals surface area contributed by atoms with Crippen LogP contribution < -0.4 is 0 Å². The molecule has 1 aliphatic heterocycles. The number of hydrogen-bond donors (Lipinski definition) is 0. The third kappa shape index (κ3) is 0.683. The molecule has 8 heavy (non-hydrogen) atoms. The molecule has 1 atom stereocenters. The quantitative estimate of drug-likeness (QED) is 0.413. The highest BCUT2D eigenvalue weighted by molar-refractivity contribution is 5.82. The summed E-state index contributed by atoms with van der Waals surface area (Å²) in [6.45, 7) is 4.36. The zero-order valence-electron chi connectivity index (χ0n) is 5.68. The third-order valence-electron chi connectivity index (χ3n) is 1.81. The molecule has 0 saturated heterocycles. The Kier molecular flexibility index (Phi) is 1.20. The molecule has 1 nitrogen and oxygen atoms in total. The molecule has 0 aromatic rings. The molecule has 0 fully saturated rings. The highest BCUT2D eigenvalue weighted by Gasteiger charge is 2.15. The maximum absolute atomic E-state index is 2.20. The highest BCUT2D eigenvalue weighted by atomic mass is 15.0. The molecule has 0 aromatic carbocycles. The summed E-state index contributed by atoms with van der Waals surface area (Å²) < 4.78 is 2.16. The van der Waals surface area contributed by atoms with Gasteiger partial charge in [-0.1, -0.05) is 0 Å². The molecule has 0 amide bonds. The molecule has 0 spiro atoms. The van der Waals surface area contributed by atoms with Gasteiger partial charge in [0.15, 0.2) is 11.9 Å². The summed E-state index contributed by atoms with van der Waals surface area (Å²) in [7, 11) is 2.08. The highest BCUT2D eigenvalue weighted by Crippen LogP contribution is 2.06. The topological polar surface area (TPSA) is 3.01 Å². The average Bonchev–Trinajstić information content (AvgIpc) is 1.98. The van der Waals surface area contributed by atoms with E-state index in [9.17, 15) is 0 Å². The van der Waals surface area contributed by atoms with Crippen molar-refractivity contribution in [2.75, 3.05) is 7.05 Å². The maximum Gasteiger partial charge on any atom is 0.165 e. The fraction of sp³-hybridized carbons (Fsp3) is 0.571. The summed E-state index contributed by atoms with van der Waals surface area (Å²) in [5.74, 6) is 0.653. The van der Waals surface area contributed by atoms with Gasteiger partial charge in [0.25, 0.3) is 0 Å². The monoisotopic (exact) mass is 110 g/mol. The van der Waals surface area contributed by atoms with E-state index in [0.717, 1.165) is 0 Å². The molecule has 0 bridgehead atoms. The van der Waals surface area contributed by atoms with Crippen molar-refractivity contribution in [1.29, 1.82) is 0 Å². The number of nitrogens with zero attached hydrogens (tertiary/aromatic N) is 1. The van der Waals surface area contributed by atoms with E-state index in [1.807, 2.05) is 0 Å². The van der Waals surface area contributed by atoms with Crippen LogP contribution in [0.1, 0.15) is 13.8 Å². The van der Waals surface area contributed by atoms with Gasteiger partial charge in [0.1, 0.15) is 7.05 Å². The number of allylic oxidation sites excluding steroid dienone is 1. The van der Waals surface area contributed by atoms with Crippen molar-refractivity contribution < 1.29 is 4.58 Å². The molecular formula is C7H12N+. The van der Waals surface area contributed by atoms with Crippen molar-refractivity contribution in [2.24, 2.45) is 5.92 Å². The van der Waals surface area contributed by atoms with Crippen LogP contribution in [0.4, 0.5) is 0 Å². The fourth-order valence-electron chi connectivity index (χ4n) is 0.836. The first kappa shape index (κ1) is 5.54. The Morgan fingerprint density at radius 1 is 1.62 bits per heavy atom. The van der Waals surface area contributed by atoms with Gasteiger partial charge in [0.05, 0.1) is 5.92 Å². The summed E-state index contributed by atoms with van der Waals surface area (Å²) in [5.41, 5.74) is 1.44. The molecule has 0 aromatic heterocycles. The molecule has 44 valence electrons. The Morgan fingerprint density at radius 2 is 2.25 bits per heavy atom. The largest absolute Gasteiger partial charge is 0.209 e. The van der Waals surface area contributed by atoms with Crippen LogP contribution in [0.25, 0.3) is 0 Å². The number of rotatable bonds is 0. The van der Waals surface area contributed by atoms with Gasteiger partial charge in [-0.15, -0.1) is 0 Å². The average molecular weight is 110 g/mol. The standard InChI is InChI=1S/C7H12N/c1-6-4-5-8(3)7(6)2/h4-6H,1-3H3/q+1. The third-order valence-corrected chi connectivity index (χ3v) is 1.81. The Balaban J connectivity index is 2.85. The Labute approximate surface area is 50.3 Å². The minimum atomic E-state index is 0.653. The molecule has 1 unspecified atom stereocenters. The lowest BCUT2D eigenvalue weighted by Crippen LogP contribution is -2.08. The maximum atomic E-state index is 2.20.